The first-order valence-electron chi connectivity index (χ1n) is 6.63. The summed E-state index contributed by atoms with van der Waals surface area (Å²) in [6.07, 6.45) is -4.28. The lowest BCUT2D eigenvalue weighted by molar-refractivity contribution is -0.136. The van der Waals surface area contributed by atoms with Gasteiger partial charge in [0.1, 0.15) is 6.04 Å². The largest absolute Gasteiger partial charge is 0.389 e. The maximum Gasteiger partial charge on any atom is 0.389 e. The average molecular weight is 286 g/mol. The number of hydrogen-bond acceptors (Lipinski definition) is 2. The van der Waals surface area contributed by atoms with Gasteiger partial charge in [-0.15, -0.1) is 0 Å². The lowest BCUT2D eigenvalue weighted by Gasteiger charge is -2.26. The van der Waals surface area contributed by atoms with Gasteiger partial charge in [-0.25, -0.2) is 0 Å². The second-order valence-corrected chi connectivity index (χ2v) is 4.85. The number of carbonyl (C=O) groups is 1. The predicted molar refractivity (Wildman–Crippen MR) is 69.2 cm³/mol. The van der Waals surface area contributed by atoms with Crippen molar-refractivity contribution < 1.29 is 18.0 Å². The van der Waals surface area contributed by atoms with E-state index in [1.54, 1.807) is 0 Å². The van der Waals surface area contributed by atoms with Crippen molar-refractivity contribution in [1.29, 1.82) is 0 Å². The SMILES string of the molecule is O=C(NCCCC(F)(F)F)C1NCCc2ccccc21. The van der Waals surface area contributed by atoms with Gasteiger partial charge in [-0.3, -0.25) is 4.79 Å². The molecule has 1 heterocycles. The molecule has 1 unspecified atom stereocenters. The normalized spacial score (nSPS) is 18.4. The maximum absolute atomic E-state index is 12.0. The number of rotatable bonds is 4. The predicted octanol–water partition coefficient (Wildman–Crippen LogP) is 2.33. The summed E-state index contributed by atoms with van der Waals surface area (Å²) in [7, 11) is 0. The van der Waals surface area contributed by atoms with Crippen molar-refractivity contribution in [1.82, 2.24) is 10.6 Å². The number of halogens is 3. The highest BCUT2D eigenvalue weighted by Gasteiger charge is 2.27. The van der Waals surface area contributed by atoms with E-state index in [0.717, 1.165) is 17.5 Å². The van der Waals surface area contributed by atoms with Crippen molar-refractivity contribution in [3.8, 4) is 0 Å². The molecule has 0 fully saturated rings. The monoisotopic (exact) mass is 286 g/mol. The smallest absolute Gasteiger partial charge is 0.354 e. The maximum atomic E-state index is 12.0. The van der Waals surface area contributed by atoms with Crippen LogP contribution in [0.1, 0.15) is 30.0 Å². The Labute approximate surface area is 115 Å². The zero-order chi connectivity index (χ0) is 14.6. The van der Waals surface area contributed by atoms with E-state index in [2.05, 4.69) is 10.6 Å². The molecule has 0 saturated heterocycles. The first-order valence-corrected chi connectivity index (χ1v) is 6.63. The van der Waals surface area contributed by atoms with Gasteiger partial charge in [0, 0.05) is 19.5 Å². The minimum atomic E-state index is -4.17. The van der Waals surface area contributed by atoms with Crippen LogP contribution >= 0.6 is 0 Å². The summed E-state index contributed by atoms with van der Waals surface area (Å²) in [4.78, 5) is 12.0. The Hall–Kier alpha value is -1.56. The Morgan fingerprint density at radius 2 is 2.10 bits per heavy atom. The van der Waals surface area contributed by atoms with E-state index in [1.807, 2.05) is 24.3 Å². The second-order valence-electron chi connectivity index (χ2n) is 4.85. The van der Waals surface area contributed by atoms with Crippen LogP contribution in [0.2, 0.25) is 0 Å². The highest BCUT2D eigenvalue weighted by atomic mass is 19.4. The van der Waals surface area contributed by atoms with Crippen molar-refractivity contribution in [2.45, 2.75) is 31.5 Å². The molecule has 2 N–H and O–H groups in total. The van der Waals surface area contributed by atoms with E-state index in [9.17, 15) is 18.0 Å². The van der Waals surface area contributed by atoms with Crippen molar-refractivity contribution in [3.63, 3.8) is 0 Å². The van der Waals surface area contributed by atoms with Gasteiger partial charge in [-0.05, 0) is 24.0 Å². The third-order valence-corrected chi connectivity index (χ3v) is 3.31. The summed E-state index contributed by atoms with van der Waals surface area (Å²) in [6.45, 7) is 0.732. The van der Waals surface area contributed by atoms with Gasteiger partial charge in [-0.2, -0.15) is 13.2 Å². The Morgan fingerprint density at radius 1 is 1.35 bits per heavy atom. The molecule has 0 spiro atoms. The molecule has 3 nitrogen and oxygen atoms in total. The molecular weight excluding hydrogens is 269 g/mol. The summed E-state index contributed by atoms with van der Waals surface area (Å²) in [5.41, 5.74) is 2.02. The molecule has 0 saturated carbocycles. The Balaban J connectivity index is 1.88. The summed E-state index contributed by atoms with van der Waals surface area (Å²) < 4.78 is 36.0. The molecule has 6 heteroatoms. The molecule has 1 aromatic carbocycles. The summed E-state index contributed by atoms with van der Waals surface area (Å²) in [5, 5.41) is 5.66. The van der Waals surface area contributed by atoms with Crippen LogP contribution in [0.25, 0.3) is 0 Å². The van der Waals surface area contributed by atoms with Gasteiger partial charge in [-0.1, -0.05) is 24.3 Å². The van der Waals surface area contributed by atoms with E-state index in [-0.39, 0.29) is 18.9 Å². The molecule has 0 radical (unpaired) electrons. The van der Waals surface area contributed by atoms with Crippen LogP contribution in [0.3, 0.4) is 0 Å². The third-order valence-electron chi connectivity index (χ3n) is 3.31. The molecule has 20 heavy (non-hydrogen) atoms. The molecule has 1 aliphatic rings. The first-order chi connectivity index (χ1) is 9.47. The standard InChI is InChI=1S/C14H17F3N2O/c15-14(16,17)7-3-8-19-13(20)12-11-5-2-1-4-10(11)6-9-18-12/h1-2,4-5,12,18H,3,6-9H2,(H,19,20). The topological polar surface area (TPSA) is 41.1 Å². The van der Waals surface area contributed by atoms with Crippen molar-refractivity contribution in [3.05, 3.63) is 35.4 Å². The fraction of sp³-hybridized carbons (Fsp3) is 0.500. The van der Waals surface area contributed by atoms with Gasteiger partial charge in [0.05, 0.1) is 0 Å². The number of hydrogen-bond donors (Lipinski definition) is 2. The molecule has 1 aromatic rings. The van der Waals surface area contributed by atoms with Crippen molar-refractivity contribution in [2.75, 3.05) is 13.1 Å². The summed E-state index contributed by atoms with van der Waals surface area (Å²) in [5.74, 6) is -0.265. The van der Waals surface area contributed by atoms with Gasteiger partial charge in [0.2, 0.25) is 5.91 Å². The zero-order valence-corrected chi connectivity index (χ0v) is 11.0. The van der Waals surface area contributed by atoms with Crippen molar-refractivity contribution >= 4 is 5.91 Å². The molecule has 0 aromatic heterocycles. The average Bonchev–Trinajstić information content (AvgIpc) is 2.41. The van der Waals surface area contributed by atoms with Crippen LogP contribution < -0.4 is 10.6 Å². The lowest BCUT2D eigenvalue weighted by atomic mass is 9.94. The molecule has 110 valence electrons. The van der Waals surface area contributed by atoms with E-state index in [0.29, 0.717) is 6.54 Å². The molecule has 0 aliphatic carbocycles. The molecule has 1 amide bonds. The first kappa shape index (κ1) is 14.8. The van der Waals surface area contributed by atoms with Crippen LogP contribution in [0.5, 0.6) is 0 Å². The molecule has 2 rings (SSSR count). The number of nitrogens with one attached hydrogen (secondary N) is 2. The molecule has 0 bridgehead atoms. The van der Waals surface area contributed by atoms with Crippen LogP contribution in [-0.2, 0) is 11.2 Å². The second kappa shape index (κ2) is 6.26. The minimum Gasteiger partial charge on any atom is -0.354 e. The van der Waals surface area contributed by atoms with E-state index >= 15 is 0 Å². The third kappa shape index (κ3) is 3.96. The summed E-state index contributed by atoms with van der Waals surface area (Å²) >= 11 is 0. The fourth-order valence-electron chi connectivity index (χ4n) is 2.34. The van der Waals surface area contributed by atoms with Gasteiger partial charge < -0.3 is 10.6 Å². The van der Waals surface area contributed by atoms with Gasteiger partial charge >= 0.3 is 6.18 Å². The number of carbonyl (C=O) groups excluding carboxylic acids is 1. The quantitative estimate of drug-likeness (QED) is 0.834. The number of fused-ring (bicyclic) bond motifs is 1. The van der Waals surface area contributed by atoms with Gasteiger partial charge in [0.15, 0.2) is 0 Å². The number of amides is 1. The number of benzene rings is 1. The highest BCUT2D eigenvalue weighted by Crippen LogP contribution is 2.23. The van der Waals surface area contributed by atoms with E-state index in [4.69, 9.17) is 0 Å². The lowest BCUT2D eigenvalue weighted by Crippen LogP contribution is -2.41. The minimum absolute atomic E-state index is 0.0404. The summed E-state index contributed by atoms with van der Waals surface area (Å²) in [6, 6.07) is 7.16. The zero-order valence-electron chi connectivity index (χ0n) is 11.0. The van der Waals surface area contributed by atoms with Crippen molar-refractivity contribution in [2.24, 2.45) is 0 Å². The van der Waals surface area contributed by atoms with Crippen LogP contribution in [0, 0.1) is 0 Å². The molecular formula is C14H17F3N2O. The molecule has 1 atom stereocenters. The Kier molecular flexibility index (Phi) is 4.65. The van der Waals surface area contributed by atoms with Crippen LogP contribution in [-0.4, -0.2) is 25.2 Å². The highest BCUT2D eigenvalue weighted by molar-refractivity contribution is 5.83. The van der Waals surface area contributed by atoms with E-state index < -0.39 is 18.6 Å². The number of alkyl halides is 3. The fourth-order valence-corrected chi connectivity index (χ4v) is 2.34. The Bertz CT molecular complexity index is 474. The van der Waals surface area contributed by atoms with Gasteiger partial charge in [0.25, 0.3) is 0 Å². The van der Waals surface area contributed by atoms with E-state index in [1.165, 1.54) is 0 Å². The molecule has 1 aliphatic heterocycles. The van der Waals surface area contributed by atoms with Crippen LogP contribution in [0.4, 0.5) is 13.2 Å². The Morgan fingerprint density at radius 3 is 2.85 bits per heavy atom. The van der Waals surface area contributed by atoms with Crippen LogP contribution in [0.15, 0.2) is 24.3 Å².